The van der Waals surface area contributed by atoms with Gasteiger partial charge in [0.1, 0.15) is 0 Å². The van der Waals surface area contributed by atoms with E-state index in [4.69, 9.17) is 0 Å². The summed E-state index contributed by atoms with van der Waals surface area (Å²) >= 11 is 0. The van der Waals surface area contributed by atoms with Gasteiger partial charge in [-0.05, 0) is 35.1 Å². The van der Waals surface area contributed by atoms with Crippen LogP contribution in [-0.4, -0.2) is 10.3 Å². The zero-order chi connectivity index (χ0) is 12.1. The van der Waals surface area contributed by atoms with Crippen molar-refractivity contribution in [3.63, 3.8) is 0 Å². The van der Waals surface area contributed by atoms with E-state index in [-0.39, 0.29) is 12.1 Å². The summed E-state index contributed by atoms with van der Waals surface area (Å²) in [5, 5.41) is 12.0. The summed E-state index contributed by atoms with van der Waals surface area (Å²) in [6.07, 6.45) is 1.81. The predicted molar refractivity (Wildman–Crippen MR) is 69.4 cm³/mol. The van der Waals surface area contributed by atoms with Gasteiger partial charge in [-0.15, -0.1) is 0 Å². The van der Waals surface area contributed by atoms with Gasteiger partial charge in [-0.25, -0.2) is 0 Å². The van der Waals surface area contributed by atoms with Gasteiger partial charge in [0.15, 0.2) is 0 Å². The van der Waals surface area contributed by atoms with Gasteiger partial charge in [0.05, 0.1) is 12.1 Å². The molecule has 0 saturated heterocycles. The highest BCUT2D eigenvalue weighted by atomic mass is 16.5. The van der Waals surface area contributed by atoms with Crippen molar-refractivity contribution in [3.05, 3.63) is 70.8 Å². The summed E-state index contributed by atoms with van der Waals surface area (Å²) in [7, 11) is 0. The Hall–Kier alpha value is -1.64. The number of fused-ring (bicyclic) bond motifs is 6. The van der Waals surface area contributed by atoms with Crippen molar-refractivity contribution in [1.29, 1.82) is 0 Å². The van der Waals surface area contributed by atoms with E-state index in [0.29, 0.717) is 0 Å². The molecule has 0 aromatic heterocycles. The molecule has 4 rings (SSSR count). The van der Waals surface area contributed by atoms with Gasteiger partial charge in [0.2, 0.25) is 0 Å². The van der Waals surface area contributed by atoms with Crippen molar-refractivity contribution in [2.75, 3.05) is 0 Å². The number of benzene rings is 2. The summed E-state index contributed by atoms with van der Waals surface area (Å²) in [4.78, 5) is 0. The first-order valence-corrected chi connectivity index (χ1v) is 6.47. The maximum atomic E-state index is 10.4. The lowest BCUT2D eigenvalue weighted by atomic mass is 9.89. The molecule has 2 aliphatic heterocycles. The van der Waals surface area contributed by atoms with Crippen molar-refractivity contribution >= 4 is 0 Å². The number of hydrogen-bond donors (Lipinski definition) is 1. The Kier molecular flexibility index (Phi) is 2.10. The Bertz CT molecular complexity index is 556. The molecule has 2 heterocycles. The first-order valence-electron chi connectivity index (χ1n) is 6.47. The number of hydrogen-bond acceptors (Lipinski definition) is 2. The quantitative estimate of drug-likeness (QED) is 0.760. The predicted octanol–water partition coefficient (Wildman–Crippen LogP) is 3.27. The first-order chi connectivity index (χ1) is 8.84. The minimum atomic E-state index is 0.120. The fraction of sp³-hybridized carbons (Fsp3) is 0.250. The van der Waals surface area contributed by atoms with Crippen LogP contribution in [0.15, 0.2) is 48.5 Å². The van der Waals surface area contributed by atoms with Crippen LogP contribution in [0.25, 0.3) is 0 Å². The fourth-order valence-corrected chi connectivity index (χ4v) is 3.40. The maximum Gasteiger partial charge on any atom is 0.0650 e. The summed E-state index contributed by atoms with van der Waals surface area (Å²) in [5.74, 6) is 0. The zero-order valence-electron chi connectivity index (χ0n) is 10.1. The standard InChI is InChI=1S/C16H15NO/c18-17-15-9-11-5-1-2-6-12(11)10-16(17)14-8-4-3-7-13(14)15/h1-8,15-16,18H,9-10H2. The van der Waals surface area contributed by atoms with Gasteiger partial charge >= 0.3 is 0 Å². The van der Waals surface area contributed by atoms with Crippen LogP contribution in [0.3, 0.4) is 0 Å². The first kappa shape index (κ1) is 10.3. The Morgan fingerprint density at radius 3 is 1.72 bits per heavy atom. The molecule has 18 heavy (non-hydrogen) atoms. The molecular weight excluding hydrogens is 222 g/mol. The summed E-state index contributed by atoms with van der Waals surface area (Å²) in [6.45, 7) is 0. The number of nitrogens with zero attached hydrogens (tertiary/aromatic N) is 1. The third kappa shape index (κ3) is 1.30. The third-order valence-electron chi connectivity index (χ3n) is 4.30. The van der Waals surface area contributed by atoms with E-state index in [0.717, 1.165) is 12.8 Å². The van der Waals surface area contributed by atoms with E-state index >= 15 is 0 Å². The highest BCUT2D eigenvalue weighted by Gasteiger charge is 2.40. The number of rotatable bonds is 0. The van der Waals surface area contributed by atoms with Gasteiger partial charge in [0.25, 0.3) is 0 Å². The van der Waals surface area contributed by atoms with Crippen LogP contribution in [0.5, 0.6) is 0 Å². The fourth-order valence-electron chi connectivity index (χ4n) is 3.40. The molecule has 2 aliphatic rings. The van der Waals surface area contributed by atoms with Crippen LogP contribution in [0.2, 0.25) is 0 Å². The molecule has 2 nitrogen and oxygen atoms in total. The van der Waals surface area contributed by atoms with Gasteiger partial charge in [-0.2, -0.15) is 5.06 Å². The molecule has 2 unspecified atom stereocenters. The molecule has 2 aromatic rings. The van der Waals surface area contributed by atoms with Crippen LogP contribution < -0.4 is 0 Å². The minimum Gasteiger partial charge on any atom is -0.313 e. The highest BCUT2D eigenvalue weighted by Crippen LogP contribution is 2.46. The molecule has 2 bridgehead atoms. The van der Waals surface area contributed by atoms with Crippen molar-refractivity contribution in [2.45, 2.75) is 24.9 Å². The molecule has 90 valence electrons. The smallest absolute Gasteiger partial charge is 0.0650 e. The van der Waals surface area contributed by atoms with E-state index in [9.17, 15) is 5.21 Å². The Labute approximate surface area is 106 Å². The molecule has 0 fully saturated rings. The summed E-state index contributed by atoms with van der Waals surface area (Å²) in [6, 6.07) is 17.2. The van der Waals surface area contributed by atoms with Crippen molar-refractivity contribution in [1.82, 2.24) is 5.06 Å². The van der Waals surface area contributed by atoms with E-state index < -0.39 is 0 Å². The highest BCUT2D eigenvalue weighted by molar-refractivity contribution is 5.43. The summed E-state index contributed by atoms with van der Waals surface area (Å²) in [5.41, 5.74) is 5.33. The average Bonchev–Trinajstić information content (AvgIpc) is 2.56. The second-order valence-electron chi connectivity index (χ2n) is 5.22. The van der Waals surface area contributed by atoms with Crippen molar-refractivity contribution in [3.8, 4) is 0 Å². The van der Waals surface area contributed by atoms with Gasteiger partial charge in [-0.1, -0.05) is 48.5 Å². The second-order valence-corrected chi connectivity index (χ2v) is 5.22. The largest absolute Gasteiger partial charge is 0.313 e. The van der Waals surface area contributed by atoms with Gasteiger partial charge in [-0.3, -0.25) is 0 Å². The molecule has 0 radical (unpaired) electrons. The lowest BCUT2D eigenvalue weighted by Crippen LogP contribution is -2.22. The zero-order valence-corrected chi connectivity index (χ0v) is 10.1. The van der Waals surface area contributed by atoms with Crippen LogP contribution in [0, 0.1) is 0 Å². The Morgan fingerprint density at radius 1 is 0.778 bits per heavy atom. The molecule has 2 aromatic carbocycles. The van der Waals surface area contributed by atoms with Gasteiger partial charge < -0.3 is 5.21 Å². The van der Waals surface area contributed by atoms with E-state index in [1.54, 1.807) is 5.06 Å². The number of hydroxylamine groups is 2. The molecule has 0 saturated carbocycles. The SMILES string of the molecule is ON1C2Cc3ccccc3CC1c1ccccc12. The topological polar surface area (TPSA) is 23.5 Å². The molecule has 0 amide bonds. The molecule has 0 aliphatic carbocycles. The molecular formula is C16H15NO. The maximum absolute atomic E-state index is 10.4. The molecule has 2 atom stereocenters. The second kappa shape index (κ2) is 3.67. The van der Waals surface area contributed by atoms with Crippen LogP contribution in [0.4, 0.5) is 0 Å². The van der Waals surface area contributed by atoms with Crippen molar-refractivity contribution < 1.29 is 5.21 Å². The third-order valence-corrected chi connectivity index (χ3v) is 4.30. The van der Waals surface area contributed by atoms with E-state index in [1.807, 2.05) is 0 Å². The molecule has 1 N–H and O–H groups in total. The van der Waals surface area contributed by atoms with Crippen LogP contribution in [0.1, 0.15) is 34.3 Å². The Balaban J connectivity index is 1.89. The molecule has 2 heteroatoms. The lowest BCUT2D eigenvalue weighted by molar-refractivity contribution is -0.149. The van der Waals surface area contributed by atoms with Crippen LogP contribution in [-0.2, 0) is 12.8 Å². The monoisotopic (exact) mass is 237 g/mol. The van der Waals surface area contributed by atoms with Crippen LogP contribution >= 0.6 is 0 Å². The van der Waals surface area contributed by atoms with E-state index in [2.05, 4.69) is 48.5 Å². The summed E-state index contributed by atoms with van der Waals surface area (Å²) < 4.78 is 0. The van der Waals surface area contributed by atoms with Crippen molar-refractivity contribution in [2.24, 2.45) is 0 Å². The normalized spacial score (nSPS) is 25.4. The lowest BCUT2D eigenvalue weighted by Gasteiger charge is -2.20. The minimum absolute atomic E-state index is 0.120. The average molecular weight is 237 g/mol. The van der Waals surface area contributed by atoms with E-state index in [1.165, 1.54) is 22.3 Å². The van der Waals surface area contributed by atoms with Gasteiger partial charge in [0, 0.05) is 0 Å². The molecule has 0 spiro atoms. The Morgan fingerprint density at radius 2 is 1.22 bits per heavy atom.